The summed E-state index contributed by atoms with van der Waals surface area (Å²) < 4.78 is 10.9. The molecule has 0 heterocycles. The van der Waals surface area contributed by atoms with Gasteiger partial charge in [0.1, 0.15) is 6.61 Å². The lowest BCUT2D eigenvalue weighted by Gasteiger charge is -2.30. The summed E-state index contributed by atoms with van der Waals surface area (Å²) in [4.78, 5) is 36.1. The first kappa shape index (κ1) is 26.2. The Hall–Kier alpha value is -3.39. The Balaban J connectivity index is 1.51. The summed E-state index contributed by atoms with van der Waals surface area (Å²) in [6, 6.07) is 15.7. The Morgan fingerprint density at radius 2 is 1.54 bits per heavy atom. The third-order valence-electron chi connectivity index (χ3n) is 6.32. The van der Waals surface area contributed by atoms with Crippen LogP contribution in [0.5, 0.6) is 0 Å². The van der Waals surface area contributed by atoms with Gasteiger partial charge in [-0.25, -0.2) is 4.79 Å². The molecule has 2 atom stereocenters. The van der Waals surface area contributed by atoms with Gasteiger partial charge < -0.3 is 25.2 Å². The van der Waals surface area contributed by atoms with Crippen LogP contribution >= 0.6 is 0 Å². The average Bonchev–Trinajstić information content (AvgIpc) is 3.13. The molecule has 35 heavy (non-hydrogen) atoms. The molecule has 0 bridgehead atoms. The number of aliphatic carboxylic acids is 1. The molecule has 0 saturated heterocycles. The van der Waals surface area contributed by atoms with Gasteiger partial charge in [-0.2, -0.15) is 0 Å². The number of carboxylic acid groups (broad SMARTS) is 1. The molecule has 0 aliphatic heterocycles. The molecule has 8 nitrogen and oxygen atoms in total. The number of fused-ring (bicyclic) bond motifs is 3. The normalized spacial score (nSPS) is 14.4. The summed E-state index contributed by atoms with van der Waals surface area (Å²) >= 11 is 0. The fraction of sp³-hybridized carbons (Fsp3) is 0.444. The van der Waals surface area contributed by atoms with E-state index in [1.54, 1.807) is 0 Å². The Bertz CT molecular complexity index is 1020. The molecule has 0 radical (unpaired) electrons. The highest BCUT2D eigenvalue weighted by atomic mass is 16.5. The number of carbonyl (C=O) groups is 3. The monoisotopic (exact) mass is 482 g/mol. The zero-order valence-electron chi connectivity index (χ0n) is 20.7. The van der Waals surface area contributed by atoms with Crippen molar-refractivity contribution >= 4 is 18.0 Å². The average molecular weight is 483 g/mol. The van der Waals surface area contributed by atoms with Crippen molar-refractivity contribution in [3.63, 3.8) is 0 Å². The second kappa shape index (κ2) is 11.4. The van der Waals surface area contributed by atoms with E-state index < -0.39 is 29.6 Å². The molecular weight excluding hydrogens is 448 g/mol. The summed E-state index contributed by atoms with van der Waals surface area (Å²) in [5, 5.41) is 14.6. The highest BCUT2D eigenvalue weighted by molar-refractivity contribution is 5.79. The number of methoxy groups -OCH3 is 1. The van der Waals surface area contributed by atoms with Crippen molar-refractivity contribution < 1.29 is 29.0 Å². The number of benzene rings is 2. The molecule has 1 aliphatic rings. The lowest BCUT2D eigenvalue weighted by molar-refractivity contribution is -0.138. The number of carboxylic acids is 1. The quantitative estimate of drug-likeness (QED) is 0.473. The van der Waals surface area contributed by atoms with Crippen LogP contribution in [0.2, 0.25) is 0 Å². The first-order valence-corrected chi connectivity index (χ1v) is 11.7. The minimum atomic E-state index is -0.981. The fourth-order valence-corrected chi connectivity index (χ4v) is 4.29. The van der Waals surface area contributed by atoms with Crippen LogP contribution in [0.15, 0.2) is 48.5 Å². The van der Waals surface area contributed by atoms with E-state index in [-0.39, 0.29) is 37.8 Å². The van der Waals surface area contributed by atoms with Gasteiger partial charge in [-0.15, -0.1) is 0 Å². The second-order valence-corrected chi connectivity index (χ2v) is 9.85. The Morgan fingerprint density at radius 1 is 0.971 bits per heavy atom. The summed E-state index contributed by atoms with van der Waals surface area (Å²) in [7, 11) is 1.45. The summed E-state index contributed by atoms with van der Waals surface area (Å²) in [5.41, 5.74) is 4.14. The van der Waals surface area contributed by atoms with Crippen LogP contribution in [0.4, 0.5) is 4.79 Å². The molecule has 0 saturated carbocycles. The lowest BCUT2D eigenvalue weighted by Crippen LogP contribution is -2.46. The number of rotatable bonds is 10. The third kappa shape index (κ3) is 6.82. The van der Waals surface area contributed by atoms with E-state index in [0.717, 1.165) is 22.3 Å². The predicted molar refractivity (Wildman–Crippen MR) is 132 cm³/mol. The summed E-state index contributed by atoms with van der Waals surface area (Å²) in [6.45, 7) is 5.88. The van der Waals surface area contributed by atoms with Gasteiger partial charge in [-0.1, -0.05) is 69.3 Å². The molecule has 2 aromatic carbocycles. The number of hydrogen-bond acceptors (Lipinski definition) is 5. The van der Waals surface area contributed by atoms with Crippen LogP contribution in [0, 0.1) is 5.41 Å². The second-order valence-electron chi connectivity index (χ2n) is 9.85. The molecule has 0 fully saturated rings. The minimum absolute atomic E-state index is 0.0215. The number of nitrogens with one attached hydrogen (secondary N) is 2. The maximum Gasteiger partial charge on any atom is 0.407 e. The number of hydrogen-bond donors (Lipinski definition) is 3. The smallest absolute Gasteiger partial charge is 0.407 e. The van der Waals surface area contributed by atoms with Gasteiger partial charge in [0, 0.05) is 25.6 Å². The van der Waals surface area contributed by atoms with Crippen LogP contribution in [0.1, 0.15) is 50.7 Å². The summed E-state index contributed by atoms with van der Waals surface area (Å²) in [6.07, 6.45) is -1.37. The highest BCUT2D eigenvalue weighted by Crippen LogP contribution is 2.44. The topological polar surface area (TPSA) is 114 Å². The minimum Gasteiger partial charge on any atom is -0.481 e. The van der Waals surface area contributed by atoms with Crippen LogP contribution in [-0.2, 0) is 19.1 Å². The van der Waals surface area contributed by atoms with Crippen LogP contribution in [-0.4, -0.2) is 55.5 Å². The van der Waals surface area contributed by atoms with Crippen molar-refractivity contribution in [2.75, 3.05) is 20.3 Å². The number of alkyl carbamates (subject to hydrolysis) is 1. The maximum absolute atomic E-state index is 12.5. The molecule has 1 aliphatic carbocycles. The van der Waals surface area contributed by atoms with Crippen molar-refractivity contribution in [1.82, 2.24) is 10.6 Å². The zero-order chi connectivity index (χ0) is 25.6. The standard InChI is InChI=1S/C27H34N2O6/c1-27(2,3)23(14-25(31)32)29-24(30)13-17(34-4)15-28-26(33)35-16-22-20-11-7-5-9-18(20)19-10-6-8-12-21(19)22/h5-12,17,22-23H,13-16H2,1-4H3,(H,28,33)(H,29,30)(H,31,32). The molecule has 2 unspecified atom stereocenters. The lowest BCUT2D eigenvalue weighted by atomic mass is 9.84. The number of ether oxygens (including phenoxy) is 2. The van der Waals surface area contributed by atoms with Crippen LogP contribution in [0.25, 0.3) is 11.1 Å². The SMILES string of the molecule is COC(CNC(=O)OCC1c2ccccc2-c2ccccc21)CC(=O)NC(CC(=O)O)C(C)(C)C. The van der Waals surface area contributed by atoms with Gasteiger partial charge in [0.05, 0.1) is 18.9 Å². The van der Waals surface area contributed by atoms with Gasteiger partial charge in [-0.05, 0) is 27.7 Å². The Morgan fingerprint density at radius 3 is 2.06 bits per heavy atom. The van der Waals surface area contributed by atoms with E-state index in [9.17, 15) is 14.4 Å². The first-order chi connectivity index (χ1) is 16.6. The zero-order valence-corrected chi connectivity index (χ0v) is 20.7. The maximum atomic E-state index is 12.5. The first-order valence-electron chi connectivity index (χ1n) is 11.7. The van der Waals surface area contributed by atoms with E-state index in [4.69, 9.17) is 14.6 Å². The van der Waals surface area contributed by atoms with Crippen molar-refractivity contribution in [3.05, 3.63) is 59.7 Å². The molecule has 3 rings (SSSR count). The van der Waals surface area contributed by atoms with Crippen LogP contribution in [0.3, 0.4) is 0 Å². The molecular formula is C27H34N2O6. The van der Waals surface area contributed by atoms with Crippen molar-refractivity contribution in [3.8, 4) is 11.1 Å². The highest BCUT2D eigenvalue weighted by Gasteiger charge is 2.30. The van der Waals surface area contributed by atoms with Crippen molar-refractivity contribution in [1.29, 1.82) is 0 Å². The fourth-order valence-electron chi connectivity index (χ4n) is 4.29. The molecule has 2 amide bonds. The van der Waals surface area contributed by atoms with Gasteiger partial charge in [0.15, 0.2) is 0 Å². The van der Waals surface area contributed by atoms with Crippen LogP contribution < -0.4 is 10.6 Å². The van der Waals surface area contributed by atoms with E-state index >= 15 is 0 Å². The van der Waals surface area contributed by atoms with E-state index in [2.05, 4.69) is 34.9 Å². The van der Waals surface area contributed by atoms with Gasteiger partial charge >= 0.3 is 12.1 Å². The van der Waals surface area contributed by atoms with Crippen molar-refractivity contribution in [2.45, 2.75) is 51.7 Å². The third-order valence-corrected chi connectivity index (χ3v) is 6.32. The Labute approximate surface area is 206 Å². The van der Waals surface area contributed by atoms with E-state index in [1.165, 1.54) is 7.11 Å². The molecule has 8 heteroatoms. The molecule has 188 valence electrons. The molecule has 3 N–H and O–H groups in total. The summed E-state index contributed by atoms with van der Waals surface area (Å²) in [5.74, 6) is -1.36. The van der Waals surface area contributed by atoms with Gasteiger partial charge in [-0.3, -0.25) is 9.59 Å². The largest absolute Gasteiger partial charge is 0.481 e. The van der Waals surface area contributed by atoms with E-state index in [1.807, 2.05) is 45.0 Å². The number of amides is 2. The predicted octanol–water partition coefficient (Wildman–Crippen LogP) is 3.94. The van der Waals surface area contributed by atoms with Crippen molar-refractivity contribution in [2.24, 2.45) is 5.41 Å². The number of carbonyl (C=O) groups excluding carboxylic acids is 2. The molecule has 0 aromatic heterocycles. The molecule has 2 aromatic rings. The molecule has 0 spiro atoms. The Kier molecular flexibility index (Phi) is 8.51. The van der Waals surface area contributed by atoms with E-state index in [0.29, 0.717) is 0 Å². The van der Waals surface area contributed by atoms with Gasteiger partial charge in [0.25, 0.3) is 0 Å². The van der Waals surface area contributed by atoms with Gasteiger partial charge in [0.2, 0.25) is 5.91 Å².